The summed E-state index contributed by atoms with van der Waals surface area (Å²) in [6.07, 6.45) is 0. The molecule has 4 aromatic carbocycles. The molecule has 22 heavy (non-hydrogen) atoms. The largest absolute Gasteiger partial charge is 0.508 e. The molecule has 2 nitrogen and oxygen atoms in total. The average molecular weight is 286 g/mol. The summed E-state index contributed by atoms with van der Waals surface area (Å²) in [5.74, 6) is 0.309. The molecule has 0 amide bonds. The van der Waals surface area contributed by atoms with Gasteiger partial charge in [-0.15, -0.1) is 0 Å². The Labute approximate surface area is 127 Å². The number of rotatable bonds is 1. The van der Waals surface area contributed by atoms with Crippen LogP contribution in [0.25, 0.3) is 32.7 Å². The van der Waals surface area contributed by atoms with E-state index in [0.717, 1.165) is 16.3 Å². The highest BCUT2D eigenvalue weighted by Crippen LogP contribution is 2.38. The van der Waals surface area contributed by atoms with E-state index in [2.05, 4.69) is 30.3 Å². The molecule has 2 N–H and O–H groups in total. The molecule has 0 aliphatic carbocycles. The minimum Gasteiger partial charge on any atom is -0.508 e. The van der Waals surface area contributed by atoms with Gasteiger partial charge < -0.3 is 10.2 Å². The Morgan fingerprint density at radius 3 is 2.27 bits per heavy atom. The summed E-state index contributed by atoms with van der Waals surface area (Å²) in [5.41, 5.74) is 1.55. The third-order valence-corrected chi connectivity index (χ3v) is 4.06. The molecule has 106 valence electrons. The molecule has 0 fully saturated rings. The fourth-order valence-corrected chi connectivity index (χ4v) is 3.01. The molecule has 0 radical (unpaired) electrons. The summed E-state index contributed by atoms with van der Waals surface area (Å²) in [5, 5.41) is 24.4. The summed E-state index contributed by atoms with van der Waals surface area (Å²) in [4.78, 5) is 0. The first-order valence-corrected chi connectivity index (χ1v) is 7.17. The monoisotopic (exact) mass is 286 g/mol. The third-order valence-electron chi connectivity index (χ3n) is 4.06. The molecule has 4 rings (SSSR count). The second-order valence-corrected chi connectivity index (χ2v) is 5.39. The Kier molecular flexibility index (Phi) is 2.76. The molecule has 2 heteroatoms. The number of phenols is 2. The first kappa shape index (κ1) is 12.7. The van der Waals surface area contributed by atoms with Crippen LogP contribution in [0, 0.1) is 0 Å². The van der Waals surface area contributed by atoms with Crippen molar-refractivity contribution in [3.8, 4) is 22.6 Å². The van der Waals surface area contributed by atoms with Crippen molar-refractivity contribution in [3.05, 3.63) is 72.8 Å². The summed E-state index contributed by atoms with van der Waals surface area (Å²) in [6, 6.07) is 23.0. The van der Waals surface area contributed by atoms with Gasteiger partial charge in [-0.2, -0.15) is 0 Å². The van der Waals surface area contributed by atoms with Crippen molar-refractivity contribution >= 4 is 21.5 Å². The van der Waals surface area contributed by atoms with Gasteiger partial charge in [0.25, 0.3) is 0 Å². The fraction of sp³-hybridized carbons (Fsp3) is 0. The van der Waals surface area contributed by atoms with E-state index in [4.69, 9.17) is 0 Å². The van der Waals surface area contributed by atoms with Gasteiger partial charge in [-0.25, -0.2) is 0 Å². The molecular formula is C20H14O2. The zero-order chi connectivity index (χ0) is 15.1. The Morgan fingerprint density at radius 1 is 0.545 bits per heavy atom. The maximum atomic E-state index is 10.2. The van der Waals surface area contributed by atoms with E-state index >= 15 is 0 Å². The summed E-state index contributed by atoms with van der Waals surface area (Å²) in [6.45, 7) is 0. The molecule has 0 atom stereocenters. The van der Waals surface area contributed by atoms with E-state index in [0.29, 0.717) is 5.56 Å². The Morgan fingerprint density at radius 2 is 1.36 bits per heavy atom. The van der Waals surface area contributed by atoms with Crippen LogP contribution in [0.3, 0.4) is 0 Å². The predicted molar refractivity (Wildman–Crippen MR) is 90.2 cm³/mol. The third kappa shape index (κ3) is 1.89. The van der Waals surface area contributed by atoms with Crippen molar-refractivity contribution in [2.45, 2.75) is 0 Å². The Balaban J connectivity index is 2.11. The number of benzene rings is 4. The highest BCUT2D eigenvalue weighted by molar-refractivity contribution is 6.12. The zero-order valence-electron chi connectivity index (χ0n) is 11.8. The van der Waals surface area contributed by atoms with E-state index in [1.165, 1.54) is 22.9 Å². The van der Waals surface area contributed by atoms with E-state index in [-0.39, 0.29) is 11.5 Å². The molecule has 4 aromatic rings. The molecule has 0 aliphatic heterocycles. The van der Waals surface area contributed by atoms with Gasteiger partial charge in [-0.1, -0.05) is 54.6 Å². The smallest absolute Gasteiger partial charge is 0.123 e. The zero-order valence-corrected chi connectivity index (χ0v) is 11.8. The molecule has 0 spiro atoms. The lowest BCUT2D eigenvalue weighted by Crippen LogP contribution is -1.84. The fourth-order valence-electron chi connectivity index (χ4n) is 3.01. The average Bonchev–Trinajstić information content (AvgIpc) is 2.56. The van der Waals surface area contributed by atoms with Crippen molar-refractivity contribution in [2.75, 3.05) is 0 Å². The molecule has 0 heterocycles. The molecule has 0 aromatic heterocycles. The van der Waals surface area contributed by atoms with Crippen LogP contribution in [-0.4, -0.2) is 10.2 Å². The number of aromatic hydroxyl groups is 2. The lowest BCUT2D eigenvalue weighted by atomic mass is 9.94. The lowest BCUT2D eigenvalue weighted by molar-refractivity contribution is 0.462. The van der Waals surface area contributed by atoms with Gasteiger partial charge in [0.15, 0.2) is 0 Å². The molecule has 0 saturated carbocycles. The van der Waals surface area contributed by atoms with Crippen LogP contribution in [0.2, 0.25) is 0 Å². The first-order chi connectivity index (χ1) is 10.7. The summed E-state index contributed by atoms with van der Waals surface area (Å²) in [7, 11) is 0. The number of hydrogen-bond acceptors (Lipinski definition) is 2. The van der Waals surface area contributed by atoms with Gasteiger partial charge >= 0.3 is 0 Å². The maximum absolute atomic E-state index is 10.2. The first-order valence-electron chi connectivity index (χ1n) is 7.17. The van der Waals surface area contributed by atoms with E-state index < -0.39 is 0 Å². The van der Waals surface area contributed by atoms with Crippen LogP contribution >= 0.6 is 0 Å². The van der Waals surface area contributed by atoms with Crippen molar-refractivity contribution in [3.63, 3.8) is 0 Å². The van der Waals surface area contributed by atoms with E-state index in [1.807, 2.05) is 24.3 Å². The van der Waals surface area contributed by atoms with Gasteiger partial charge in [0.2, 0.25) is 0 Å². The van der Waals surface area contributed by atoms with Crippen molar-refractivity contribution in [1.29, 1.82) is 0 Å². The maximum Gasteiger partial charge on any atom is 0.123 e. The van der Waals surface area contributed by atoms with E-state index in [1.54, 1.807) is 6.07 Å². The number of hydrogen-bond donors (Lipinski definition) is 2. The van der Waals surface area contributed by atoms with Gasteiger partial charge in [-0.3, -0.25) is 0 Å². The molecule has 0 saturated heterocycles. The van der Waals surface area contributed by atoms with Crippen LogP contribution in [-0.2, 0) is 0 Å². The van der Waals surface area contributed by atoms with Crippen molar-refractivity contribution < 1.29 is 10.2 Å². The predicted octanol–water partition coefficient (Wildman–Crippen LogP) is 5.07. The quantitative estimate of drug-likeness (QED) is 0.379. The Hall–Kier alpha value is -3.00. The standard InChI is InChI=1S/C20H14O2/c21-14-9-11-20(22)19(12-14)17-7-3-6-16-15-5-2-1-4-13(15)8-10-18(16)17/h1-12,21-22H. The SMILES string of the molecule is Oc1ccc(O)c(-c2cccc3c2ccc2ccccc23)c1. The minimum absolute atomic E-state index is 0.144. The molecule has 0 bridgehead atoms. The topological polar surface area (TPSA) is 40.5 Å². The summed E-state index contributed by atoms with van der Waals surface area (Å²) >= 11 is 0. The lowest BCUT2D eigenvalue weighted by Gasteiger charge is -2.11. The number of fused-ring (bicyclic) bond motifs is 3. The Bertz CT molecular complexity index is 1000. The molecular weight excluding hydrogens is 272 g/mol. The molecule has 0 aliphatic rings. The molecule has 0 unspecified atom stereocenters. The normalized spacial score (nSPS) is 11.1. The van der Waals surface area contributed by atoms with Crippen LogP contribution in [0.15, 0.2) is 72.8 Å². The van der Waals surface area contributed by atoms with Crippen LogP contribution in [0.1, 0.15) is 0 Å². The second kappa shape index (κ2) is 4.78. The van der Waals surface area contributed by atoms with E-state index in [9.17, 15) is 10.2 Å². The highest BCUT2D eigenvalue weighted by Gasteiger charge is 2.10. The van der Waals surface area contributed by atoms with Crippen LogP contribution in [0.5, 0.6) is 11.5 Å². The van der Waals surface area contributed by atoms with Crippen molar-refractivity contribution in [1.82, 2.24) is 0 Å². The van der Waals surface area contributed by atoms with Gasteiger partial charge in [0, 0.05) is 5.56 Å². The van der Waals surface area contributed by atoms with Crippen LogP contribution in [0.4, 0.5) is 0 Å². The highest BCUT2D eigenvalue weighted by atomic mass is 16.3. The second-order valence-electron chi connectivity index (χ2n) is 5.39. The van der Waals surface area contributed by atoms with Crippen molar-refractivity contribution in [2.24, 2.45) is 0 Å². The van der Waals surface area contributed by atoms with Gasteiger partial charge in [-0.05, 0) is 45.3 Å². The minimum atomic E-state index is 0.144. The summed E-state index contributed by atoms with van der Waals surface area (Å²) < 4.78 is 0. The number of phenolic OH excluding ortho intramolecular Hbond substituents is 2. The van der Waals surface area contributed by atoms with Gasteiger partial charge in [0.05, 0.1) is 0 Å². The van der Waals surface area contributed by atoms with Gasteiger partial charge in [0.1, 0.15) is 11.5 Å². The van der Waals surface area contributed by atoms with Crippen LogP contribution < -0.4 is 0 Å².